The predicted octanol–water partition coefficient (Wildman–Crippen LogP) is 2.70. The number of aromatic hydroxyl groups is 1. The number of nitrogens with one attached hydrogen (secondary N) is 1. The van der Waals surface area contributed by atoms with Crippen LogP contribution in [0.5, 0.6) is 11.5 Å². The molecule has 2 aromatic rings. The Balaban J connectivity index is 2.82. The van der Waals surface area contributed by atoms with Gasteiger partial charge in [0.25, 0.3) is 5.56 Å². The van der Waals surface area contributed by atoms with E-state index in [2.05, 4.69) is 20.9 Å². The normalized spacial score (nSPS) is 10.1. The zero-order valence-corrected chi connectivity index (χ0v) is 12.4. The number of pyridine rings is 1. The van der Waals surface area contributed by atoms with Gasteiger partial charge >= 0.3 is 0 Å². The molecule has 0 fully saturated rings. The summed E-state index contributed by atoms with van der Waals surface area (Å²) < 4.78 is 5.75. The average Bonchev–Trinajstić information content (AvgIpc) is 2.38. The van der Waals surface area contributed by atoms with Gasteiger partial charge in [0.1, 0.15) is 23.1 Å². The summed E-state index contributed by atoms with van der Waals surface area (Å²) in [5, 5.41) is 19.2. The van der Waals surface area contributed by atoms with Crippen LogP contribution in [0.25, 0.3) is 11.1 Å². The van der Waals surface area contributed by atoms with E-state index >= 15 is 0 Å². The zero-order chi connectivity index (χ0) is 14.9. The van der Waals surface area contributed by atoms with Gasteiger partial charge in [-0.3, -0.25) is 4.79 Å². The van der Waals surface area contributed by atoms with Crippen LogP contribution < -0.4 is 10.3 Å². The van der Waals surface area contributed by atoms with Crippen LogP contribution in [-0.4, -0.2) is 17.2 Å². The first kappa shape index (κ1) is 14.2. The predicted molar refractivity (Wildman–Crippen MR) is 77.9 cm³/mol. The van der Waals surface area contributed by atoms with Crippen LogP contribution in [0.4, 0.5) is 0 Å². The number of halogens is 1. The molecule has 0 bridgehead atoms. The largest absolute Gasteiger partial charge is 0.507 e. The number of benzene rings is 1. The Morgan fingerprint density at radius 2 is 2.05 bits per heavy atom. The molecule has 0 unspecified atom stereocenters. The molecule has 0 atom stereocenters. The van der Waals surface area contributed by atoms with Crippen LogP contribution >= 0.6 is 15.9 Å². The fourth-order valence-corrected chi connectivity index (χ4v) is 2.42. The summed E-state index contributed by atoms with van der Waals surface area (Å²) in [6, 6.07) is 6.54. The van der Waals surface area contributed by atoms with Gasteiger partial charge in [0, 0.05) is 16.8 Å². The van der Waals surface area contributed by atoms with Crippen molar-refractivity contribution in [2.24, 2.45) is 0 Å². The van der Waals surface area contributed by atoms with Gasteiger partial charge in [-0.1, -0.05) is 0 Å². The Labute approximate surface area is 123 Å². The Kier molecular flexibility index (Phi) is 3.81. The number of methoxy groups -OCH3 is 1. The molecule has 0 saturated carbocycles. The van der Waals surface area contributed by atoms with E-state index < -0.39 is 5.56 Å². The van der Waals surface area contributed by atoms with Crippen molar-refractivity contribution >= 4 is 15.9 Å². The Bertz CT molecular complexity index is 775. The summed E-state index contributed by atoms with van der Waals surface area (Å²) in [4.78, 5) is 14.4. The lowest BCUT2D eigenvalue weighted by atomic mass is 10.00. The highest BCUT2D eigenvalue weighted by molar-refractivity contribution is 9.10. The second kappa shape index (κ2) is 5.39. The average molecular weight is 335 g/mol. The number of hydrogen-bond acceptors (Lipinski definition) is 4. The van der Waals surface area contributed by atoms with Crippen LogP contribution in [0.1, 0.15) is 11.3 Å². The number of phenols is 1. The third-order valence-electron chi connectivity index (χ3n) is 2.84. The van der Waals surface area contributed by atoms with Gasteiger partial charge in [0.15, 0.2) is 0 Å². The first-order chi connectivity index (χ1) is 9.47. The third-order valence-corrected chi connectivity index (χ3v) is 3.46. The second-order valence-corrected chi connectivity index (χ2v) is 5.04. The molecule has 6 heteroatoms. The van der Waals surface area contributed by atoms with Crippen molar-refractivity contribution in [1.82, 2.24) is 4.98 Å². The number of rotatable bonds is 2. The standard InChI is InChI=1S/C14H11BrN2O3/c1-7-3-8(10(6-16)14(19)17-7)9-4-13(20-2)11(15)5-12(9)18/h3-5,18H,1-2H3,(H,17,19). The number of aryl methyl sites for hydroxylation is 1. The molecule has 0 amide bonds. The Hall–Kier alpha value is -2.26. The molecule has 20 heavy (non-hydrogen) atoms. The summed E-state index contributed by atoms with van der Waals surface area (Å²) in [5.74, 6) is 0.457. The summed E-state index contributed by atoms with van der Waals surface area (Å²) in [5.41, 5.74) is 0.817. The van der Waals surface area contributed by atoms with Gasteiger partial charge in [0.05, 0.1) is 11.6 Å². The van der Waals surface area contributed by atoms with Gasteiger partial charge in [-0.2, -0.15) is 5.26 Å². The maximum absolute atomic E-state index is 11.8. The van der Waals surface area contributed by atoms with Gasteiger partial charge in [0.2, 0.25) is 0 Å². The molecular formula is C14H11BrN2O3. The number of nitriles is 1. The van der Waals surface area contributed by atoms with Crippen LogP contribution in [0.2, 0.25) is 0 Å². The number of phenolic OH excluding ortho intramolecular Hbond substituents is 1. The Morgan fingerprint density at radius 1 is 1.35 bits per heavy atom. The minimum Gasteiger partial charge on any atom is -0.507 e. The van der Waals surface area contributed by atoms with E-state index in [4.69, 9.17) is 10.00 Å². The van der Waals surface area contributed by atoms with E-state index in [9.17, 15) is 9.90 Å². The number of hydrogen-bond donors (Lipinski definition) is 2. The first-order valence-corrected chi connectivity index (χ1v) is 6.48. The molecule has 0 spiro atoms. The van der Waals surface area contributed by atoms with Crippen molar-refractivity contribution in [3.05, 3.63) is 44.3 Å². The van der Waals surface area contributed by atoms with Crippen molar-refractivity contribution in [3.63, 3.8) is 0 Å². The first-order valence-electron chi connectivity index (χ1n) is 5.68. The fourth-order valence-electron chi connectivity index (χ4n) is 1.93. The number of ether oxygens (including phenoxy) is 1. The summed E-state index contributed by atoms with van der Waals surface area (Å²) >= 11 is 3.26. The van der Waals surface area contributed by atoms with E-state index in [1.165, 1.54) is 13.2 Å². The molecule has 2 rings (SSSR count). The number of nitrogens with zero attached hydrogens (tertiary/aromatic N) is 1. The highest BCUT2D eigenvalue weighted by atomic mass is 79.9. The minimum absolute atomic E-state index is 0.0424. The smallest absolute Gasteiger partial charge is 0.266 e. The molecule has 1 heterocycles. The molecule has 2 N–H and O–H groups in total. The molecule has 0 aliphatic carbocycles. The minimum atomic E-state index is -0.483. The summed E-state index contributed by atoms with van der Waals surface area (Å²) in [6.45, 7) is 1.71. The van der Waals surface area contributed by atoms with Gasteiger partial charge < -0.3 is 14.8 Å². The van der Waals surface area contributed by atoms with Crippen molar-refractivity contribution in [1.29, 1.82) is 5.26 Å². The van der Waals surface area contributed by atoms with Gasteiger partial charge in [-0.25, -0.2) is 0 Å². The lowest BCUT2D eigenvalue weighted by Gasteiger charge is -2.11. The quantitative estimate of drug-likeness (QED) is 0.883. The fraction of sp³-hybridized carbons (Fsp3) is 0.143. The number of H-pyrrole nitrogens is 1. The van der Waals surface area contributed by atoms with Crippen molar-refractivity contribution in [3.8, 4) is 28.7 Å². The van der Waals surface area contributed by atoms with Crippen LogP contribution in [-0.2, 0) is 0 Å². The molecule has 5 nitrogen and oxygen atoms in total. The van der Waals surface area contributed by atoms with Crippen molar-refractivity contribution < 1.29 is 9.84 Å². The van der Waals surface area contributed by atoms with Crippen molar-refractivity contribution in [2.45, 2.75) is 6.92 Å². The van der Waals surface area contributed by atoms with E-state index in [0.717, 1.165) is 0 Å². The third kappa shape index (κ3) is 2.40. The van der Waals surface area contributed by atoms with Crippen LogP contribution in [0.3, 0.4) is 0 Å². The highest BCUT2D eigenvalue weighted by Gasteiger charge is 2.16. The molecule has 1 aromatic heterocycles. The monoisotopic (exact) mass is 334 g/mol. The Morgan fingerprint density at radius 3 is 2.65 bits per heavy atom. The van der Waals surface area contributed by atoms with Crippen molar-refractivity contribution in [2.75, 3.05) is 7.11 Å². The number of aromatic amines is 1. The van der Waals surface area contributed by atoms with Crippen LogP contribution in [0, 0.1) is 18.3 Å². The summed E-state index contributed by atoms with van der Waals surface area (Å²) in [7, 11) is 1.50. The number of aromatic nitrogens is 1. The molecule has 0 radical (unpaired) electrons. The van der Waals surface area contributed by atoms with E-state index in [0.29, 0.717) is 27.0 Å². The zero-order valence-electron chi connectivity index (χ0n) is 10.8. The van der Waals surface area contributed by atoms with E-state index in [1.54, 1.807) is 19.1 Å². The lowest BCUT2D eigenvalue weighted by molar-refractivity contribution is 0.410. The molecule has 0 saturated heterocycles. The van der Waals surface area contributed by atoms with Gasteiger partial charge in [-0.15, -0.1) is 0 Å². The molecular weight excluding hydrogens is 324 g/mol. The topological polar surface area (TPSA) is 86.1 Å². The molecule has 102 valence electrons. The molecule has 0 aliphatic rings. The SMILES string of the molecule is COc1cc(-c2cc(C)[nH]c(=O)c2C#N)c(O)cc1Br. The van der Waals surface area contributed by atoms with E-state index in [1.807, 2.05) is 6.07 Å². The maximum Gasteiger partial charge on any atom is 0.266 e. The van der Waals surface area contributed by atoms with Gasteiger partial charge in [-0.05, 0) is 41.1 Å². The summed E-state index contributed by atoms with van der Waals surface area (Å²) in [6.07, 6.45) is 0. The maximum atomic E-state index is 11.8. The molecule has 1 aromatic carbocycles. The van der Waals surface area contributed by atoms with E-state index in [-0.39, 0.29) is 11.3 Å². The molecule has 0 aliphatic heterocycles. The lowest BCUT2D eigenvalue weighted by Crippen LogP contribution is -2.12. The highest BCUT2D eigenvalue weighted by Crippen LogP contribution is 2.38. The second-order valence-electron chi connectivity index (χ2n) is 4.19. The van der Waals surface area contributed by atoms with Crippen LogP contribution in [0.15, 0.2) is 27.5 Å².